The third-order valence-electron chi connectivity index (χ3n) is 5.69. The molecule has 3 fully saturated rings. The van der Waals surface area contributed by atoms with Crippen LogP contribution in [0.1, 0.15) is 26.7 Å². The number of morpholine rings is 1. The molecule has 2 N–H and O–H groups in total. The van der Waals surface area contributed by atoms with Gasteiger partial charge in [-0.3, -0.25) is 14.6 Å². The summed E-state index contributed by atoms with van der Waals surface area (Å²) in [6.45, 7) is 12.2. The largest absolute Gasteiger partial charge is 0.374 e. The summed E-state index contributed by atoms with van der Waals surface area (Å²) < 4.78 is 11.7. The van der Waals surface area contributed by atoms with Crippen LogP contribution in [0.2, 0.25) is 0 Å². The number of nitrogens with two attached hydrogens (primary N) is 1. The monoisotopic (exact) mass is 354 g/mol. The van der Waals surface area contributed by atoms with E-state index in [4.69, 9.17) is 15.2 Å². The first-order valence-corrected chi connectivity index (χ1v) is 9.79. The van der Waals surface area contributed by atoms with Gasteiger partial charge in [-0.1, -0.05) is 0 Å². The van der Waals surface area contributed by atoms with E-state index in [2.05, 4.69) is 23.6 Å². The first-order chi connectivity index (χ1) is 12.1. The Morgan fingerprint density at radius 2 is 1.88 bits per heavy atom. The van der Waals surface area contributed by atoms with Crippen LogP contribution < -0.4 is 5.73 Å². The van der Waals surface area contributed by atoms with Crippen LogP contribution >= 0.6 is 0 Å². The van der Waals surface area contributed by atoms with Gasteiger partial charge < -0.3 is 20.1 Å². The smallest absolute Gasteiger partial charge is 0.251 e. The molecule has 3 aliphatic rings. The summed E-state index contributed by atoms with van der Waals surface area (Å²) in [7, 11) is 0. The van der Waals surface area contributed by atoms with Gasteiger partial charge in [-0.15, -0.1) is 0 Å². The van der Waals surface area contributed by atoms with E-state index in [-0.39, 0.29) is 24.2 Å². The Labute approximate surface area is 151 Å². The highest BCUT2D eigenvalue weighted by molar-refractivity contribution is 5.81. The molecule has 3 heterocycles. The Kier molecular flexibility index (Phi) is 6.68. The summed E-state index contributed by atoms with van der Waals surface area (Å²) >= 11 is 0. The fraction of sp³-hybridized carbons (Fsp3) is 0.944. The predicted octanol–water partition coefficient (Wildman–Crippen LogP) is -0.254. The summed E-state index contributed by atoms with van der Waals surface area (Å²) in [6, 6.07) is 0.574. The number of ether oxygens (including phenoxy) is 2. The minimum absolute atomic E-state index is 0.0580. The number of nitrogens with zero attached hydrogens (tertiary/aromatic N) is 3. The molecule has 3 rings (SSSR count). The molecule has 3 saturated heterocycles. The maximum absolute atomic E-state index is 12.6. The number of amides is 1. The van der Waals surface area contributed by atoms with Crippen molar-refractivity contribution >= 4 is 5.91 Å². The van der Waals surface area contributed by atoms with Crippen molar-refractivity contribution in [2.24, 2.45) is 5.73 Å². The van der Waals surface area contributed by atoms with Gasteiger partial charge in [0.25, 0.3) is 5.91 Å². The molecule has 0 aromatic heterocycles. The van der Waals surface area contributed by atoms with Gasteiger partial charge in [-0.05, 0) is 26.7 Å². The molecule has 3 atom stereocenters. The molecule has 0 saturated carbocycles. The van der Waals surface area contributed by atoms with Crippen LogP contribution in [0.5, 0.6) is 0 Å². The number of carbonyl (C=O) groups is 1. The van der Waals surface area contributed by atoms with Crippen molar-refractivity contribution in [3.05, 3.63) is 0 Å². The van der Waals surface area contributed by atoms with Gasteiger partial charge in [-0.25, -0.2) is 0 Å². The SMILES string of the molecule is CC(C)N1CCOC(CN2CCN(C(=O)[C@@H]3CC[C@H](CN)O3)CC2)C1. The Morgan fingerprint density at radius 3 is 2.52 bits per heavy atom. The standard InChI is InChI=1S/C18H34N4O3/c1-14(2)22-9-10-24-16(13-22)12-20-5-7-21(8-6-20)18(23)17-4-3-15(11-19)25-17/h14-17H,3-13,19H2,1-2H3/t15-,16?,17+/m1/s1. The van der Waals surface area contributed by atoms with E-state index >= 15 is 0 Å². The van der Waals surface area contributed by atoms with Crippen LogP contribution in [0.25, 0.3) is 0 Å². The summed E-state index contributed by atoms with van der Waals surface area (Å²) in [4.78, 5) is 19.5. The Hall–Kier alpha value is -0.730. The molecule has 144 valence electrons. The van der Waals surface area contributed by atoms with Crippen LogP contribution in [0.15, 0.2) is 0 Å². The third-order valence-corrected chi connectivity index (χ3v) is 5.69. The first kappa shape index (κ1) is 19.0. The zero-order chi connectivity index (χ0) is 17.8. The molecule has 3 aliphatic heterocycles. The molecular formula is C18H34N4O3. The minimum Gasteiger partial charge on any atom is -0.374 e. The average Bonchev–Trinajstić information content (AvgIpc) is 3.11. The van der Waals surface area contributed by atoms with Gasteiger partial charge in [0.15, 0.2) is 0 Å². The normalized spacial score (nSPS) is 32.5. The fourth-order valence-electron chi connectivity index (χ4n) is 4.02. The summed E-state index contributed by atoms with van der Waals surface area (Å²) in [5, 5.41) is 0. The summed E-state index contributed by atoms with van der Waals surface area (Å²) in [6.07, 6.45) is 1.77. The number of hydrogen-bond acceptors (Lipinski definition) is 6. The summed E-state index contributed by atoms with van der Waals surface area (Å²) in [5.74, 6) is 0.149. The van der Waals surface area contributed by atoms with E-state index in [9.17, 15) is 4.79 Å². The van der Waals surface area contributed by atoms with Gasteiger partial charge in [0.05, 0.1) is 18.8 Å². The third kappa shape index (κ3) is 4.92. The van der Waals surface area contributed by atoms with Crippen LogP contribution in [-0.4, -0.2) is 104 Å². The second-order valence-corrected chi connectivity index (χ2v) is 7.77. The number of piperazine rings is 1. The number of hydrogen-bond donors (Lipinski definition) is 1. The number of rotatable bonds is 5. The molecule has 25 heavy (non-hydrogen) atoms. The van der Waals surface area contributed by atoms with Gasteiger partial charge >= 0.3 is 0 Å². The minimum atomic E-state index is -0.277. The van der Waals surface area contributed by atoms with Gasteiger partial charge in [0.1, 0.15) is 6.10 Å². The van der Waals surface area contributed by atoms with Crippen molar-refractivity contribution in [3.63, 3.8) is 0 Å². The highest BCUT2D eigenvalue weighted by Gasteiger charge is 2.34. The lowest BCUT2D eigenvalue weighted by atomic mass is 10.1. The van der Waals surface area contributed by atoms with E-state index in [1.165, 1.54) is 0 Å². The maximum Gasteiger partial charge on any atom is 0.251 e. The zero-order valence-electron chi connectivity index (χ0n) is 15.7. The van der Waals surface area contributed by atoms with E-state index in [1.807, 2.05) is 4.90 Å². The van der Waals surface area contributed by atoms with Crippen molar-refractivity contribution in [2.75, 3.05) is 59.0 Å². The van der Waals surface area contributed by atoms with Gasteiger partial charge in [-0.2, -0.15) is 0 Å². The van der Waals surface area contributed by atoms with Crippen LogP contribution in [0.3, 0.4) is 0 Å². The molecule has 1 amide bonds. The molecule has 0 bridgehead atoms. The lowest BCUT2D eigenvalue weighted by Crippen LogP contribution is -2.55. The van der Waals surface area contributed by atoms with Gasteiger partial charge in [0, 0.05) is 58.4 Å². The Balaban J connectivity index is 1.40. The Bertz CT molecular complexity index is 440. The van der Waals surface area contributed by atoms with E-state index in [1.54, 1.807) is 0 Å². The maximum atomic E-state index is 12.6. The second-order valence-electron chi connectivity index (χ2n) is 7.77. The molecule has 7 heteroatoms. The topological polar surface area (TPSA) is 71.3 Å². The molecule has 0 aliphatic carbocycles. The average molecular weight is 354 g/mol. The first-order valence-electron chi connectivity index (χ1n) is 9.79. The molecule has 0 spiro atoms. The molecule has 1 unspecified atom stereocenters. The van der Waals surface area contributed by atoms with E-state index < -0.39 is 0 Å². The molecule has 7 nitrogen and oxygen atoms in total. The zero-order valence-corrected chi connectivity index (χ0v) is 15.7. The van der Waals surface area contributed by atoms with Crippen molar-refractivity contribution in [3.8, 4) is 0 Å². The van der Waals surface area contributed by atoms with Crippen molar-refractivity contribution in [1.82, 2.24) is 14.7 Å². The van der Waals surface area contributed by atoms with Gasteiger partial charge in [0.2, 0.25) is 0 Å². The van der Waals surface area contributed by atoms with E-state index in [0.29, 0.717) is 12.6 Å². The lowest BCUT2D eigenvalue weighted by Gasteiger charge is -2.40. The van der Waals surface area contributed by atoms with E-state index in [0.717, 1.165) is 65.3 Å². The highest BCUT2D eigenvalue weighted by atomic mass is 16.5. The van der Waals surface area contributed by atoms with Crippen molar-refractivity contribution < 1.29 is 14.3 Å². The van der Waals surface area contributed by atoms with Crippen LogP contribution in [0, 0.1) is 0 Å². The lowest BCUT2D eigenvalue weighted by molar-refractivity contribution is -0.144. The Morgan fingerprint density at radius 1 is 1.12 bits per heavy atom. The predicted molar refractivity (Wildman–Crippen MR) is 96.4 cm³/mol. The molecular weight excluding hydrogens is 320 g/mol. The molecule has 0 aromatic carbocycles. The van der Waals surface area contributed by atoms with Crippen LogP contribution in [-0.2, 0) is 14.3 Å². The molecule has 0 aromatic rings. The fourth-order valence-corrected chi connectivity index (χ4v) is 4.02. The molecule has 0 radical (unpaired) electrons. The number of carbonyl (C=O) groups excluding carboxylic acids is 1. The summed E-state index contributed by atoms with van der Waals surface area (Å²) in [5.41, 5.74) is 5.64. The van der Waals surface area contributed by atoms with Crippen molar-refractivity contribution in [2.45, 2.75) is 51.0 Å². The highest BCUT2D eigenvalue weighted by Crippen LogP contribution is 2.21. The second kappa shape index (κ2) is 8.77. The van der Waals surface area contributed by atoms with Crippen molar-refractivity contribution in [1.29, 1.82) is 0 Å². The quantitative estimate of drug-likeness (QED) is 0.734. The van der Waals surface area contributed by atoms with Crippen LogP contribution in [0.4, 0.5) is 0 Å².